The average molecular weight is 276 g/mol. The molecule has 0 radical (unpaired) electrons. The lowest BCUT2D eigenvalue weighted by Crippen LogP contribution is -2.28. The molecule has 0 aliphatic carbocycles. The third kappa shape index (κ3) is 3.77. The number of nitrogens with zero attached hydrogens (tertiary/aromatic N) is 1. The zero-order chi connectivity index (χ0) is 13.7. The molecule has 1 unspecified atom stereocenters. The average Bonchev–Trinajstić information content (AvgIpc) is 2.44. The fourth-order valence-corrected chi connectivity index (χ4v) is 2.20. The van der Waals surface area contributed by atoms with Gasteiger partial charge >= 0.3 is 0 Å². The van der Waals surface area contributed by atoms with E-state index in [1.807, 2.05) is 43.5 Å². The molecule has 2 aromatic rings. The molecule has 1 atom stereocenters. The Hall–Kier alpha value is -1.42. The highest BCUT2D eigenvalue weighted by Crippen LogP contribution is 2.23. The predicted molar refractivity (Wildman–Crippen MR) is 78.8 cm³/mol. The van der Waals surface area contributed by atoms with E-state index in [0.717, 1.165) is 34.7 Å². The Morgan fingerprint density at radius 3 is 2.79 bits per heavy atom. The highest BCUT2D eigenvalue weighted by molar-refractivity contribution is 6.31. The minimum absolute atomic E-state index is 0.0834. The molecule has 0 bridgehead atoms. The van der Waals surface area contributed by atoms with Gasteiger partial charge in [0.1, 0.15) is 0 Å². The predicted octanol–water partition coefficient (Wildman–Crippen LogP) is 3.18. The van der Waals surface area contributed by atoms with Crippen molar-refractivity contribution in [2.45, 2.75) is 25.8 Å². The maximum Gasteiger partial charge on any atom is 0.0464 e. The van der Waals surface area contributed by atoms with Crippen molar-refractivity contribution in [1.29, 1.82) is 0 Å². The monoisotopic (exact) mass is 275 g/mol. The summed E-state index contributed by atoms with van der Waals surface area (Å²) in [6, 6.07) is 12.1. The number of hydrogen-bond donors (Lipinski definition) is 2. The van der Waals surface area contributed by atoms with Crippen LogP contribution in [0.15, 0.2) is 42.6 Å². The standard InChI is InChI=1S/C15H18ClN3/c1-11-5-6-12(10-14(11)16)15(19-17)8-7-13-4-2-3-9-18-13/h2-6,9-10,15,19H,7-8,17H2,1H3. The van der Waals surface area contributed by atoms with Crippen molar-refractivity contribution < 1.29 is 0 Å². The molecule has 1 aromatic heterocycles. The van der Waals surface area contributed by atoms with Crippen LogP contribution in [-0.4, -0.2) is 4.98 Å². The Morgan fingerprint density at radius 1 is 1.32 bits per heavy atom. The van der Waals surface area contributed by atoms with Gasteiger partial charge in [-0.15, -0.1) is 0 Å². The first-order chi connectivity index (χ1) is 9.20. The summed E-state index contributed by atoms with van der Waals surface area (Å²) in [6.45, 7) is 1.99. The lowest BCUT2D eigenvalue weighted by molar-refractivity contribution is 0.513. The van der Waals surface area contributed by atoms with Crippen molar-refractivity contribution in [1.82, 2.24) is 10.4 Å². The van der Waals surface area contributed by atoms with Crippen molar-refractivity contribution in [2.24, 2.45) is 5.84 Å². The molecule has 100 valence electrons. The van der Waals surface area contributed by atoms with Gasteiger partial charge in [0.2, 0.25) is 0 Å². The summed E-state index contributed by atoms with van der Waals surface area (Å²) in [5, 5.41) is 0.774. The molecule has 0 amide bonds. The highest BCUT2D eigenvalue weighted by atomic mass is 35.5. The van der Waals surface area contributed by atoms with Crippen molar-refractivity contribution in [3.05, 3.63) is 64.4 Å². The Labute approximate surface area is 118 Å². The minimum atomic E-state index is 0.0834. The van der Waals surface area contributed by atoms with E-state index in [4.69, 9.17) is 17.4 Å². The van der Waals surface area contributed by atoms with Crippen LogP contribution in [0.4, 0.5) is 0 Å². The van der Waals surface area contributed by atoms with Crippen LogP contribution in [0, 0.1) is 6.92 Å². The largest absolute Gasteiger partial charge is 0.271 e. The number of hydrogen-bond acceptors (Lipinski definition) is 3. The van der Waals surface area contributed by atoms with Crippen LogP contribution in [0.3, 0.4) is 0 Å². The minimum Gasteiger partial charge on any atom is -0.271 e. The van der Waals surface area contributed by atoms with Gasteiger partial charge in [-0.1, -0.05) is 29.8 Å². The number of halogens is 1. The zero-order valence-corrected chi connectivity index (χ0v) is 11.7. The van der Waals surface area contributed by atoms with E-state index in [9.17, 15) is 0 Å². The van der Waals surface area contributed by atoms with E-state index in [1.54, 1.807) is 0 Å². The first-order valence-electron chi connectivity index (χ1n) is 6.33. The Kier molecular flexibility index (Phi) is 4.91. The summed E-state index contributed by atoms with van der Waals surface area (Å²) in [5.74, 6) is 5.64. The fourth-order valence-electron chi connectivity index (χ4n) is 2.01. The molecule has 3 nitrogen and oxygen atoms in total. The number of hydrazine groups is 1. The molecule has 0 aliphatic heterocycles. The summed E-state index contributed by atoms with van der Waals surface area (Å²) in [7, 11) is 0. The van der Waals surface area contributed by atoms with Gasteiger partial charge in [0.05, 0.1) is 0 Å². The number of benzene rings is 1. The maximum absolute atomic E-state index is 6.15. The molecule has 0 spiro atoms. The second kappa shape index (κ2) is 6.66. The topological polar surface area (TPSA) is 50.9 Å². The molecule has 0 fully saturated rings. The van der Waals surface area contributed by atoms with Crippen molar-refractivity contribution >= 4 is 11.6 Å². The lowest BCUT2D eigenvalue weighted by atomic mass is 10.0. The summed E-state index contributed by atoms with van der Waals surface area (Å²) < 4.78 is 0. The van der Waals surface area contributed by atoms with E-state index in [-0.39, 0.29) is 6.04 Å². The molecule has 1 heterocycles. The van der Waals surface area contributed by atoms with Gasteiger partial charge < -0.3 is 0 Å². The number of aryl methyl sites for hydroxylation is 2. The van der Waals surface area contributed by atoms with Gasteiger partial charge in [0, 0.05) is 23.0 Å². The Balaban J connectivity index is 2.05. The zero-order valence-electron chi connectivity index (χ0n) is 10.9. The van der Waals surface area contributed by atoms with Crippen molar-refractivity contribution in [2.75, 3.05) is 0 Å². The molecule has 0 saturated carbocycles. The van der Waals surface area contributed by atoms with E-state index in [2.05, 4.69) is 16.5 Å². The first-order valence-corrected chi connectivity index (χ1v) is 6.70. The SMILES string of the molecule is Cc1ccc(C(CCc2ccccn2)NN)cc1Cl. The van der Waals surface area contributed by atoms with Crippen LogP contribution in [0.5, 0.6) is 0 Å². The number of rotatable bonds is 5. The number of nitrogens with one attached hydrogen (secondary N) is 1. The molecule has 0 aliphatic rings. The lowest BCUT2D eigenvalue weighted by Gasteiger charge is -2.17. The quantitative estimate of drug-likeness (QED) is 0.651. The van der Waals surface area contributed by atoms with Gasteiger partial charge in [-0.3, -0.25) is 16.3 Å². The molecule has 0 saturated heterocycles. The Bertz CT molecular complexity index is 528. The molecule has 19 heavy (non-hydrogen) atoms. The maximum atomic E-state index is 6.15. The summed E-state index contributed by atoms with van der Waals surface area (Å²) in [4.78, 5) is 4.32. The molecule has 2 rings (SSSR count). The van der Waals surface area contributed by atoms with Crippen LogP contribution < -0.4 is 11.3 Å². The number of nitrogens with two attached hydrogens (primary N) is 1. The van der Waals surface area contributed by atoms with Gasteiger partial charge in [-0.2, -0.15) is 0 Å². The van der Waals surface area contributed by atoms with Crippen molar-refractivity contribution in [3.8, 4) is 0 Å². The van der Waals surface area contributed by atoms with Crippen LogP contribution in [-0.2, 0) is 6.42 Å². The molecular weight excluding hydrogens is 258 g/mol. The van der Waals surface area contributed by atoms with Crippen LogP contribution in [0.25, 0.3) is 0 Å². The van der Waals surface area contributed by atoms with E-state index in [1.165, 1.54) is 0 Å². The van der Waals surface area contributed by atoms with E-state index in [0.29, 0.717) is 0 Å². The van der Waals surface area contributed by atoms with Crippen LogP contribution in [0.2, 0.25) is 5.02 Å². The summed E-state index contributed by atoms with van der Waals surface area (Å²) >= 11 is 6.15. The fraction of sp³-hybridized carbons (Fsp3) is 0.267. The normalized spacial score (nSPS) is 12.4. The van der Waals surface area contributed by atoms with E-state index < -0.39 is 0 Å². The van der Waals surface area contributed by atoms with Gasteiger partial charge in [0.25, 0.3) is 0 Å². The molecule has 1 aromatic carbocycles. The second-order valence-electron chi connectivity index (χ2n) is 4.59. The van der Waals surface area contributed by atoms with Crippen molar-refractivity contribution in [3.63, 3.8) is 0 Å². The summed E-state index contributed by atoms with van der Waals surface area (Å²) in [6.07, 6.45) is 3.57. The number of pyridine rings is 1. The third-order valence-electron chi connectivity index (χ3n) is 3.21. The summed E-state index contributed by atoms with van der Waals surface area (Å²) in [5.41, 5.74) is 6.10. The Morgan fingerprint density at radius 2 is 2.16 bits per heavy atom. The van der Waals surface area contributed by atoms with Gasteiger partial charge in [0.15, 0.2) is 0 Å². The van der Waals surface area contributed by atoms with Gasteiger partial charge in [-0.05, 0) is 49.1 Å². The van der Waals surface area contributed by atoms with Crippen LogP contribution in [0.1, 0.15) is 29.3 Å². The molecular formula is C15H18ClN3. The second-order valence-corrected chi connectivity index (χ2v) is 4.99. The van der Waals surface area contributed by atoms with Gasteiger partial charge in [-0.25, -0.2) is 0 Å². The molecule has 4 heteroatoms. The van der Waals surface area contributed by atoms with E-state index >= 15 is 0 Å². The molecule has 3 N–H and O–H groups in total. The highest BCUT2D eigenvalue weighted by Gasteiger charge is 2.11. The van der Waals surface area contributed by atoms with Crippen LogP contribution >= 0.6 is 11.6 Å². The number of aromatic nitrogens is 1. The smallest absolute Gasteiger partial charge is 0.0464 e. The third-order valence-corrected chi connectivity index (χ3v) is 3.62. The first kappa shape index (κ1) is 14.0.